The molecular weight excluding hydrogens is 246 g/mol. The molecule has 0 radical (unpaired) electrons. The molecule has 1 aromatic carbocycles. The first-order chi connectivity index (χ1) is 8.98. The van der Waals surface area contributed by atoms with Crippen molar-refractivity contribution in [1.29, 1.82) is 0 Å². The zero-order valence-electron chi connectivity index (χ0n) is 11.3. The Bertz CT molecular complexity index is 418. The molecule has 0 aliphatic heterocycles. The second-order valence-corrected chi connectivity index (χ2v) is 4.78. The number of aliphatic hydroxyl groups excluding tert-OH is 1. The van der Waals surface area contributed by atoms with Gasteiger partial charge >= 0.3 is 5.97 Å². The maximum absolute atomic E-state index is 11.3. The fourth-order valence-corrected chi connectivity index (χ4v) is 1.65. The highest BCUT2D eigenvalue weighted by Gasteiger charge is 2.18. The van der Waals surface area contributed by atoms with E-state index in [0.29, 0.717) is 6.54 Å². The highest BCUT2D eigenvalue weighted by Crippen LogP contribution is 2.10. The minimum absolute atomic E-state index is 0.227. The van der Waals surface area contributed by atoms with Crippen LogP contribution in [0.2, 0.25) is 0 Å². The number of nitrogens with one attached hydrogen (secondary N) is 1. The lowest BCUT2D eigenvalue weighted by molar-refractivity contribution is -0.139. The second-order valence-electron chi connectivity index (χ2n) is 4.78. The summed E-state index contributed by atoms with van der Waals surface area (Å²) in [6.07, 6.45) is 0.227. The summed E-state index contributed by atoms with van der Waals surface area (Å²) in [4.78, 5) is 11.3. The number of hydrogen-bond donors (Lipinski definition) is 3. The van der Waals surface area contributed by atoms with E-state index in [1.807, 2.05) is 24.3 Å². The van der Waals surface area contributed by atoms with Gasteiger partial charge in [-0.05, 0) is 18.1 Å². The van der Waals surface area contributed by atoms with E-state index in [0.717, 1.165) is 11.1 Å². The van der Waals surface area contributed by atoms with Crippen LogP contribution >= 0.6 is 0 Å². The van der Waals surface area contributed by atoms with Crippen LogP contribution in [0.25, 0.3) is 0 Å². The van der Waals surface area contributed by atoms with Gasteiger partial charge in [0.2, 0.25) is 0 Å². The van der Waals surface area contributed by atoms with E-state index in [-0.39, 0.29) is 25.5 Å². The van der Waals surface area contributed by atoms with Crippen LogP contribution in [0.5, 0.6) is 0 Å². The summed E-state index contributed by atoms with van der Waals surface area (Å²) < 4.78 is 4.65. The van der Waals surface area contributed by atoms with Gasteiger partial charge in [0, 0.05) is 13.1 Å². The van der Waals surface area contributed by atoms with Crippen molar-refractivity contribution < 1.29 is 19.7 Å². The van der Waals surface area contributed by atoms with Crippen molar-refractivity contribution in [3.8, 4) is 0 Å². The van der Waals surface area contributed by atoms with Crippen molar-refractivity contribution in [2.75, 3.05) is 20.3 Å². The topological polar surface area (TPSA) is 78.8 Å². The van der Waals surface area contributed by atoms with Gasteiger partial charge in [0.05, 0.1) is 25.7 Å². The summed E-state index contributed by atoms with van der Waals surface area (Å²) in [5.74, 6) is -0.283. The average Bonchev–Trinajstić information content (AvgIpc) is 2.40. The molecule has 5 heteroatoms. The fraction of sp³-hybridized carbons (Fsp3) is 0.500. The second kappa shape index (κ2) is 7.23. The minimum atomic E-state index is -1.14. The SMILES string of the molecule is COC(=O)Cc1ccccc1CNCC(C)(O)CO. The predicted molar refractivity (Wildman–Crippen MR) is 71.6 cm³/mol. The number of aliphatic hydroxyl groups is 2. The number of ether oxygens (including phenoxy) is 1. The Morgan fingerprint density at radius 2 is 2.00 bits per heavy atom. The summed E-state index contributed by atoms with van der Waals surface area (Å²) in [6.45, 7) is 2.05. The highest BCUT2D eigenvalue weighted by molar-refractivity contribution is 5.72. The van der Waals surface area contributed by atoms with Crippen molar-refractivity contribution in [3.05, 3.63) is 35.4 Å². The molecular formula is C14H21NO4. The largest absolute Gasteiger partial charge is 0.469 e. The van der Waals surface area contributed by atoms with Crippen LogP contribution in [-0.4, -0.2) is 42.0 Å². The summed E-state index contributed by atoms with van der Waals surface area (Å²) in [7, 11) is 1.36. The summed E-state index contributed by atoms with van der Waals surface area (Å²) >= 11 is 0. The Morgan fingerprint density at radius 3 is 2.58 bits per heavy atom. The average molecular weight is 267 g/mol. The van der Waals surface area contributed by atoms with Crippen LogP contribution in [0, 0.1) is 0 Å². The zero-order chi connectivity index (χ0) is 14.3. The quantitative estimate of drug-likeness (QED) is 0.617. The summed E-state index contributed by atoms with van der Waals surface area (Å²) in [5.41, 5.74) is 0.726. The highest BCUT2D eigenvalue weighted by atomic mass is 16.5. The first kappa shape index (κ1) is 15.6. The molecule has 0 aliphatic carbocycles. The molecule has 0 heterocycles. The van der Waals surface area contributed by atoms with E-state index < -0.39 is 5.60 Å². The van der Waals surface area contributed by atoms with Crippen LogP contribution in [0.15, 0.2) is 24.3 Å². The van der Waals surface area contributed by atoms with Crippen molar-refractivity contribution in [1.82, 2.24) is 5.32 Å². The molecule has 0 amide bonds. The van der Waals surface area contributed by atoms with Gasteiger partial charge in [-0.1, -0.05) is 24.3 Å². The van der Waals surface area contributed by atoms with Crippen LogP contribution in [0.1, 0.15) is 18.1 Å². The van der Waals surface area contributed by atoms with Gasteiger partial charge in [0.15, 0.2) is 0 Å². The van der Waals surface area contributed by atoms with Crippen molar-refractivity contribution >= 4 is 5.97 Å². The number of benzene rings is 1. The first-order valence-corrected chi connectivity index (χ1v) is 6.16. The third-order valence-corrected chi connectivity index (χ3v) is 2.84. The van der Waals surface area contributed by atoms with Crippen LogP contribution in [0.4, 0.5) is 0 Å². The van der Waals surface area contributed by atoms with E-state index in [4.69, 9.17) is 5.11 Å². The zero-order valence-corrected chi connectivity index (χ0v) is 11.3. The Kier molecular flexibility index (Phi) is 5.95. The standard InChI is InChI=1S/C14H21NO4/c1-14(18,10-16)9-15-8-12-6-4-3-5-11(12)7-13(17)19-2/h3-6,15-16,18H,7-10H2,1-2H3. The lowest BCUT2D eigenvalue weighted by atomic mass is 10.0. The van der Waals surface area contributed by atoms with E-state index in [1.165, 1.54) is 7.11 Å². The number of esters is 1. The normalized spacial score (nSPS) is 13.9. The molecule has 1 rings (SSSR count). The van der Waals surface area contributed by atoms with E-state index in [1.54, 1.807) is 6.92 Å². The maximum atomic E-state index is 11.3. The molecule has 0 saturated heterocycles. The third-order valence-electron chi connectivity index (χ3n) is 2.84. The van der Waals surface area contributed by atoms with Gasteiger partial charge in [-0.25, -0.2) is 0 Å². The number of rotatable bonds is 7. The Labute approximate surface area is 113 Å². The van der Waals surface area contributed by atoms with E-state index >= 15 is 0 Å². The van der Waals surface area contributed by atoms with E-state index in [9.17, 15) is 9.90 Å². The monoisotopic (exact) mass is 267 g/mol. The van der Waals surface area contributed by atoms with Gasteiger partial charge in [0.25, 0.3) is 0 Å². The lowest BCUT2D eigenvalue weighted by Crippen LogP contribution is -2.40. The van der Waals surface area contributed by atoms with Gasteiger partial charge in [0.1, 0.15) is 0 Å². The molecule has 0 fully saturated rings. The molecule has 0 aliphatic rings. The molecule has 106 valence electrons. The first-order valence-electron chi connectivity index (χ1n) is 6.16. The lowest BCUT2D eigenvalue weighted by Gasteiger charge is -2.21. The van der Waals surface area contributed by atoms with Crippen molar-refractivity contribution in [2.24, 2.45) is 0 Å². The number of methoxy groups -OCH3 is 1. The van der Waals surface area contributed by atoms with Crippen molar-refractivity contribution in [2.45, 2.75) is 25.5 Å². The maximum Gasteiger partial charge on any atom is 0.309 e. The van der Waals surface area contributed by atoms with Gasteiger partial charge in [-0.15, -0.1) is 0 Å². The predicted octanol–water partition coefficient (Wildman–Crippen LogP) is 0.235. The summed E-state index contributed by atoms with van der Waals surface area (Å²) in [5, 5.41) is 21.7. The van der Waals surface area contributed by atoms with Gasteiger partial charge in [-0.2, -0.15) is 0 Å². The van der Waals surface area contributed by atoms with Crippen LogP contribution in [-0.2, 0) is 22.5 Å². The molecule has 1 atom stereocenters. The Balaban J connectivity index is 2.60. The Hall–Kier alpha value is -1.43. The number of hydrogen-bond acceptors (Lipinski definition) is 5. The molecule has 0 bridgehead atoms. The van der Waals surface area contributed by atoms with Crippen LogP contribution < -0.4 is 5.32 Å². The van der Waals surface area contributed by atoms with Crippen molar-refractivity contribution in [3.63, 3.8) is 0 Å². The summed E-state index contributed by atoms with van der Waals surface area (Å²) in [6, 6.07) is 7.55. The Morgan fingerprint density at radius 1 is 1.37 bits per heavy atom. The molecule has 1 unspecified atom stereocenters. The molecule has 1 aromatic rings. The number of carbonyl (C=O) groups is 1. The molecule has 19 heavy (non-hydrogen) atoms. The molecule has 5 nitrogen and oxygen atoms in total. The number of carbonyl (C=O) groups excluding carboxylic acids is 1. The molecule has 0 aromatic heterocycles. The molecule has 0 spiro atoms. The fourth-order valence-electron chi connectivity index (χ4n) is 1.65. The minimum Gasteiger partial charge on any atom is -0.469 e. The molecule has 3 N–H and O–H groups in total. The van der Waals surface area contributed by atoms with Crippen LogP contribution in [0.3, 0.4) is 0 Å². The molecule has 0 saturated carbocycles. The third kappa shape index (κ3) is 5.38. The van der Waals surface area contributed by atoms with Gasteiger partial charge < -0.3 is 20.3 Å². The smallest absolute Gasteiger partial charge is 0.309 e. The van der Waals surface area contributed by atoms with E-state index in [2.05, 4.69) is 10.1 Å². The van der Waals surface area contributed by atoms with Gasteiger partial charge in [-0.3, -0.25) is 4.79 Å².